The molecule has 0 aliphatic heterocycles. The fourth-order valence-corrected chi connectivity index (χ4v) is 3.49. The monoisotopic (exact) mass is 298 g/mol. The highest BCUT2D eigenvalue weighted by molar-refractivity contribution is 7.91. The van der Waals surface area contributed by atoms with E-state index in [1.54, 1.807) is 18.2 Å². The summed E-state index contributed by atoms with van der Waals surface area (Å²) < 4.78 is 24.6. The van der Waals surface area contributed by atoms with E-state index in [0.29, 0.717) is 24.0 Å². The van der Waals surface area contributed by atoms with Crippen LogP contribution in [0.4, 0.5) is 0 Å². The van der Waals surface area contributed by atoms with Crippen LogP contribution in [-0.4, -0.2) is 38.7 Å². The molecule has 0 heterocycles. The van der Waals surface area contributed by atoms with Gasteiger partial charge in [0, 0.05) is 19.1 Å². The van der Waals surface area contributed by atoms with Crippen LogP contribution >= 0.6 is 0 Å². The van der Waals surface area contributed by atoms with E-state index < -0.39 is 9.84 Å². The second kappa shape index (κ2) is 7.76. The van der Waals surface area contributed by atoms with Crippen LogP contribution in [-0.2, 0) is 16.4 Å². The van der Waals surface area contributed by atoms with Crippen LogP contribution < -0.4 is 5.73 Å². The van der Waals surface area contributed by atoms with Crippen LogP contribution in [0.2, 0.25) is 0 Å². The molecule has 0 aromatic heterocycles. The summed E-state index contributed by atoms with van der Waals surface area (Å²) in [6, 6.07) is 7.31. The Kier molecular flexibility index (Phi) is 6.65. The van der Waals surface area contributed by atoms with Crippen LogP contribution in [0.5, 0.6) is 0 Å². The van der Waals surface area contributed by atoms with E-state index >= 15 is 0 Å². The van der Waals surface area contributed by atoms with Crippen molar-refractivity contribution in [3.05, 3.63) is 29.8 Å². The Bertz CT molecular complexity index is 514. The van der Waals surface area contributed by atoms with Crippen molar-refractivity contribution >= 4 is 9.84 Å². The first-order chi connectivity index (χ1) is 9.40. The van der Waals surface area contributed by atoms with E-state index in [9.17, 15) is 8.42 Å². The first-order valence-electron chi connectivity index (χ1n) is 7.12. The molecule has 2 N–H and O–H groups in total. The van der Waals surface area contributed by atoms with Crippen LogP contribution in [0, 0.1) is 0 Å². The molecule has 1 rings (SSSR count). The van der Waals surface area contributed by atoms with Crippen LogP contribution in [0.25, 0.3) is 0 Å². The van der Waals surface area contributed by atoms with Gasteiger partial charge in [-0.2, -0.15) is 0 Å². The Labute approximate surface area is 122 Å². The molecule has 114 valence electrons. The van der Waals surface area contributed by atoms with Gasteiger partial charge in [0.05, 0.1) is 10.6 Å². The standard InChI is InChI=1S/C15H26N2O2S/c1-4-6-13(2)17(3)9-10-20(18,19)15-8-5-7-14(11-15)12-16/h5,7-8,11,13H,4,6,9-10,12,16H2,1-3H3. The Morgan fingerprint density at radius 3 is 2.65 bits per heavy atom. The summed E-state index contributed by atoms with van der Waals surface area (Å²) in [5.74, 6) is 0.144. The molecular formula is C15H26N2O2S. The zero-order chi connectivity index (χ0) is 15.2. The zero-order valence-electron chi connectivity index (χ0n) is 12.7. The molecule has 0 fully saturated rings. The molecule has 5 heteroatoms. The highest BCUT2D eigenvalue weighted by Crippen LogP contribution is 2.14. The van der Waals surface area contributed by atoms with E-state index in [1.165, 1.54) is 0 Å². The molecule has 0 spiro atoms. The first-order valence-corrected chi connectivity index (χ1v) is 8.78. The lowest BCUT2D eigenvalue weighted by atomic mass is 10.2. The molecule has 1 atom stereocenters. The maximum absolute atomic E-state index is 12.3. The average Bonchev–Trinajstić information content (AvgIpc) is 2.45. The lowest BCUT2D eigenvalue weighted by Crippen LogP contribution is -2.33. The van der Waals surface area contributed by atoms with Crippen LogP contribution in [0.3, 0.4) is 0 Å². The molecule has 0 radical (unpaired) electrons. The largest absolute Gasteiger partial charge is 0.326 e. The summed E-state index contributed by atoms with van der Waals surface area (Å²) in [7, 11) is -1.26. The molecule has 0 saturated carbocycles. The molecule has 1 aromatic rings. The molecule has 0 bridgehead atoms. The van der Waals surface area contributed by atoms with Gasteiger partial charge >= 0.3 is 0 Å². The van der Waals surface area contributed by atoms with E-state index in [1.807, 2.05) is 13.1 Å². The fourth-order valence-electron chi connectivity index (χ4n) is 2.11. The zero-order valence-corrected chi connectivity index (χ0v) is 13.5. The molecule has 0 aliphatic carbocycles. The van der Waals surface area contributed by atoms with Crippen molar-refractivity contribution < 1.29 is 8.42 Å². The number of nitrogens with two attached hydrogens (primary N) is 1. The number of nitrogens with zero attached hydrogens (tertiary/aromatic N) is 1. The van der Waals surface area contributed by atoms with Crippen molar-refractivity contribution in [3.63, 3.8) is 0 Å². The van der Waals surface area contributed by atoms with Crippen molar-refractivity contribution in [3.8, 4) is 0 Å². The van der Waals surface area contributed by atoms with Gasteiger partial charge in [0.15, 0.2) is 9.84 Å². The summed E-state index contributed by atoms with van der Waals surface area (Å²) in [5, 5.41) is 0. The minimum absolute atomic E-state index is 0.144. The smallest absolute Gasteiger partial charge is 0.179 e. The molecule has 0 amide bonds. The lowest BCUT2D eigenvalue weighted by molar-refractivity contribution is 0.258. The third-order valence-electron chi connectivity index (χ3n) is 3.66. The molecule has 1 unspecified atom stereocenters. The van der Waals surface area contributed by atoms with Gasteiger partial charge in [0.25, 0.3) is 0 Å². The van der Waals surface area contributed by atoms with E-state index in [2.05, 4.69) is 18.7 Å². The SMILES string of the molecule is CCCC(C)N(C)CCS(=O)(=O)c1cccc(CN)c1. The van der Waals surface area contributed by atoms with Crippen molar-refractivity contribution in [1.82, 2.24) is 4.90 Å². The summed E-state index contributed by atoms with van der Waals surface area (Å²) in [6.07, 6.45) is 2.19. The van der Waals surface area contributed by atoms with Gasteiger partial charge in [-0.05, 0) is 38.1 Å². The van der Waals surface area contributed by atoms with E-state index in [-0.39, 0.29) is 5.75 Å². The predicted molar refractivity (Wildman–Crippen MR) is 83.4 cm³/mol. The Balaban J connectivity index is 2.70. The number of hydrogen-bond acceptors (Lipinski definition) is 4. The normalized spacial score (nSPS) is 13.7. The number of sulfone groups is 1. The van der Waals surface area contributed by atoms with Gasteiger partial charge in [-0.15, -0.1) is 0 Å². The Morgan fingerprint density at radius 1 is 1.35 bits per heavy atom. The van der Waals surface area contributed by atoms with Gasteiger partial charge in [-0.3, -0.25) is 0 Å². The topological polar surface area (TPSA) is 63.4 Å². The quantitative estimate of drug-likeness (QED) is 0.798. The summed E-state index contributed by atoms with van der Waals surface area (Å²) >= 11 is 0. The summed E-state index contributed by atoms with van der Waals surface area (Å²) in [5.41, 5.74) is 6.40. The van der Waals surface area contributed by atoms with Crippen molar-refractivity contribution in [1.29, 1.82) is 0 Å². The average molecular weight is 298 g/mol. The van der Waals surface area contributed by atoms with Crippen LogP contribution in [0.15, 0.2) is 29.2 Å². The third kappa shape index (κ3) is 4.89. The van der Waals surface area contributed by atoms with Crippen molar-refractivity contribution in [2.24, 2.45) is 5.73 Å². The second-order valence-electron chi connectivity index (χ2n) is 5.29. The maximum atomic E-state index is 12.3. The van der Waals surface area contributed by atoms with Gasteiger partial charge in [0.2, 0.25) is 0 Å². The highest BCUT2D eigenvalue weighted by atomic mass is 32.2. The van der Waals surface area contributed by atoms with Gasteiger partial charge in [-0.1, -0.05) is 25.5 Å². The number of rotatable bonds is 8. The van der Waals surface area contributed by atoms with Gasteiger partial charge in [-0.25, -0.2) is 8.42 Å². The molecule has 4 nitrogen and oxygen atoms in total. The minimum atomic E-state index is -3.23. The Morgan fingerprint density at radius 2 is 2.05 bits per heavy atom. The van der Waals surface area contributed by atoms with Crippen molar-refractivity contribution in [2.75, 3.05) is 19.3 Å². The highest BCUT2D eigenvalue weighted by Gasteiger charge is 2.17. The third-order valence-corrected chi connectivity index (χ3v) is 5.36. The van der Waals surface area contributed by atoms with Crippen LogP contribution in [0.1, 0.15) is 32.3 Å². The maximum Gasteiger partial charge on any atom is 0.179 e. The van der Waals surface area contributed by atoms with E-state index in [0.717, 1.165) is 18.4 Å². The first kappa shape index (κ1) is 17.1. The number of hydrogen-bond donors (Lipinski definition) is 1. The minimum Gasteiger partial charge on any atom is -0.326 e. The fraction of sp³-hybridized carbons (Fsp3) is 0.600. The molecule has 0 aliphatic rings. The molecule has 20 heavy (non-hydrogen) atoms. The lowest BCUT2D eigenvalue weighted by Gasteiger charge is -2.24. The second-order valence-corrected chi connectivity index (χ2v) is 7.40. The van der Waals surface area contributed by atoms with Gasteiger partial charge < -0.3 is 10.6 Å². The van der Waals surface area contributed by atoms with E-state index in [4.69, 9.17) is 5.73 Å². The van der Waals surface area contributed by atoms with Crippen molar-refractivity contribution in [2.45, 2.75) is 44.2 Å². The summed E-state index contributed by atoms with van der Waals surface area (Å²) in [6.45, 7) is 5.18. The van der Waals surface area contributed by atoms with Gasteiger partial charge in [0.1, 0.15) is 0 Å². The number of benzene rings is 1. The predicted octanol–water partition coefficient (Wildman–Crippen LogP) is 2.04. The molecule has 1 aromatic carbocycles. The molecule has 0 saturated heterocycles. The Hall–Kier alpha value is -0.910. The molecular weight excluding hydrogens is 272 g/mol. The summed E-state index contributed by atoms with van der Waals surface area (Å²) in [4.78, 5) is 2.48.